The fourth-order valence-corrected chi connectivity index (χ4v) is 4.07. The normalized spacial score (nSPS) is 26.5. The van der Waals surface area contributed by atoms with Crippen LogP contribution in [-0.2, 0) is 0 Å². The van der Waals surface area contributed by atoms with Crippen LogP contribution in [-0.4, -0.2) is 23.7 Å². The highest BCUT2D eigenvalue weighted by Gasteiger charge is 2.39. The highest BCUT2D eigenvalue weighted by Crippen LogP contribution is 2.46. The molecule has 2 aliphatic carbocycles. The van der Waals surface area contributed by atoms with E-state index in [9.17, 15) is 0 Å². The minimum Gasteiger partial charge on any atom is -0.365 e. The van der Waals surface area contributed by atoms with E-state index in [0.717, 1.165) is 11.4 Å². The van der Waals surface area contributed by atoms with E-state index in [1.807, 2.05) is 0 Å². The Kier molecular flexibility index (Phi) is 2.86. The molecule has 0 fully saturated rings. The Balaban J connectivity index is 1.79. The van der Waals surface area contributed by atoms with Gasteiger partial charge in [-0.25, -0.2) is 4.99 Å². The molecule has 2 nitrogen and oxygen atoms in total. The number of hydrogen-bond donors (Lipinski definition) is 0. The van der Waals surface area contributed by atoms with Crippen molar-refractivity contribution in [1.29, 1.82) is 0 Å². The summed E-state index contributed by atoms with van der Waals surface area (Å²) in [6.07, 6.45) is 17.4. The maximum Gasteiger partial charge on any atom is 0.0916 e. The minimum absolute atomic E-state index is 0.273. The lowest BCUT2D eigenvalue weighted by molar-refractivity contribution is 0.367. The van der Waals surface area contributed by atoms with Crippen LogP contribution < -0.4 is 0 Å². The van der Waals surface area contributed by atoms with Crippen LogP contribution in [0.15, 0.2) is 101 Å². The van der Waals surface area contributed by atoms with Crippen molar-refractivity contribution < 1.29 is 0 Å². The van der Waals surface area contributed by atoms with Crippen LogP contribution in [0.3, 0.4) is 0 Å². The van der Waals surface area contributed by atoms with Crippen molar-refractivity contribution in [2.24, 2.45) is 10.9 Å². The van der Waals surface area contributed by atoms with Crippen molar-refractivity contribution in [3.8, 4) is 0 Å². The quantitative estimate of drug-likeness (QED) is 0.755. The summed E-state index contributed by atoms with van der Waals surface area (Å²) in [5.41, 5.74) is 7.45. The molecule has 2 heteroatoms. The monoisotopic (exact) mass is 310 g/mol. The van der Waals surface area contributed by atoms with Crippen molar-refractivity contribution in [2.75, 3.05) is 7.05 Å². The van der Waals surface area contributed by atoms with Crippen molar-refractivity contribution >= 4 is 11.3 Å². The second-order valence-corrected chi connectivity index (χ2v) is 6.49. The second-order valence-electron chi connectivity index (χ2n) is 6.49. The fourth-order valence-electron chi connectivity index (χ4n) is 4.07. The zero-order chi connectivity index (χ0) is 16.1. The van der Waals surface area contributed by atoms with Crippen molar-refractivity contribution in [1.82, 2.24) is 4.90 Å². The Bertz CT molecular complexity index is 920. The zero-order valence-corrected chi connectivity index (χ0v) is 13.6. The summed E-state index contributed by atoms with van der Waals surface area (Å²) in [5.74, 6) is 0.273. The van der Waals surface area contributed by atoms with Crippen molar-refractivity contribution in [3.63, 3.8) is 0 Å². The maximum atomic E-state index is 5.03. The van der Waals surface area contributed by atoms with Gasteiger partial charge in [0.15, 0.2) is 0 Å². The number of aliphatic imine (C=N–C) groups is 1. The van der Waals surface area contributed by atoms with Gasteiger partial charge in [-0.15, -0.1) is 0 Å². The maximum absolute atomic E-state index is 5.03. The molecule has 0 saturated carbocycles. The molecule has 116 valence electrons. The molecule has 1 aromatic carbocycles. The van der Waals surface area contributed by atoms with Crippen LogP contribution in [0.25, 0.3) is 5.57 Å². The van der Waals surface area contributed by atoms with Gasteiger partial charge in [-0.3, -0.25) is 0 Å². The van der Waals surface area contributed by atoms with Gasteiger partial charge in [0.05, 0.1) is 29.1 Å². The first-order valence-corrected chi connectivity index (χ1v) is 8.40. The number of allylic oxidation sites excluding steroid dienone is 7. The fraction of sp³-hybridized carbons (Fsp3) is 0.136. The third-order valence-electron chi connectivity index (χ3n) is 5.16. The van der Waals surface area contributed by atoms with E-state index in [1.165, 1.54) is 22.4 Å². The van der Waals surface area contributed by atoms with E-state index in [1.54, 1.807) is 0 Å². The summed E-state index contributed by atoms with van der Waals surface area (Å²) in [7, 11) is 2.19. The van der Waals surface area contributed by atoms with E-state index >= 15 is 0 Å². The minimum atomic E-state index is 0.273. The third-order valence-corrected chi connectivity index (χ3v) is 5.16. The van der Waals surface area contributed by atoms with Gasteiger partial charge in [-0.1, -0.05) is 72.9 Å². The van der Waals surface area contributed by atoms with Gasteiger partial charge in [0, 0.05) is 12.6 Å². The molecule has 5 rings (SSSR count). The molecular formula is C22H18N2. The van der Waals surface area contributed by atoms with Crippen molar-refractivity contribution in [3.05, 3.63) is 101 Å². The van der Waals surface area contributed by atoms with E-state index in [4.69, 9.17) is 4.99 Å². The van der Waals surface area contributed by atoms with E-state index < -0.39 is 0 Å². The number of nitrogens with zero attached hydrogens (tertiary/aromatic N) is 2. The van der Waals surface area contributed by atoms with Gasteiger partial charge < -0.3 is 4.90 Å². The molecule has 2 atom stereocenters. The SMILES string of the molecule is CN1C2=C(N=C3C=CC=CC32)C(c2ccccc2)=C2C=CC=CC21. The molecule has 0 amide bonds. The molecule has 0 spiro atoms. The summed E-state index contributed by atoms with van der Waals surface area (Å²) >= 11 is 0. The van der Waals surface area contributed by atoms with Gasteiger partial charge in [0.2, 0.25) is 0 Å². The van der Waals surface area contributed by atoms with E-state index in [2.05, 4.69) is 90.9 Å². The van der Waals surface area contributed by atoms with Crippen LogP contribution in [0.5, 0.6) is 0 Å². The molecule has 0 aromatic heterocycles. The highest BCUT2D eigenvalue weighted by atomic mass is 15.2. The van der Waals surface area contributed by atoms with Crippen LogP contribution >= 0.6 is 0 Å². The first-order valence-electron chi connectivity index (χ1n) is 8.40. The van der Waals surface area contributed by atoms with Gasteiger partial charge in [0.1, 0.15) is 0 Å². The van der Waals surface area contributed by atoms with Gasteiger partial charge in [0.25, 0.3) is 0 Å². The first-order chi connectivity index (χ1) is 11.8. The van der Waals surface area contributed by atoms with Crippen LogP contribution in [0, 0.1) is 5.92 Å². The molecule has 0 N–H and O–H groups in total. The Morgan fingerprint density at radius 1 is 0.917 bits per heavy atom. The second kappa shape index (κ2) is 5.07. The van der Waals surface area contributed by atoms with E-state index in [0.29, 0.717) is 0 Å². The molecule has 2 heterocycles. The van der Waals surface area contributed by atoms with Crippen LogP contribution in [0.1, 0.15) is 5.56 Å². The van der Waals surface area contributed by atoms with Gasteiger partial charge in [-0.2, -0.15) is 0 Å². The third kappa shape index (κ3) is 1.80. The number of fused-ring (bicyclic) bond motifs is 3. The average molecular weight is 310 g/mol. The predicted molar refractivity (Wildman–Crippen MR) is 99.4 cm³/mol. The lowest BCUT2D eigenvalue weighted by Crippen LogP contribution is -2.38. The molecular weight excluding hydrogens is 292 g/mol. The number of hydrogen-bond acceptors (Lipinski definition) is 2. The largest absolute Gasteiger partial charge is 0.365 e. The van der Waals surface area contributed by atoms with Gasteiger partial charge >= 0.3 is 0 Å². The van der Waals surface area contributed by atoms with Crippen molar-refractivity contribution in [2.45, 2.75) is 6.04 Å². The topological polar surface area (TPSA) is 15.6 Å². The Hall–Kier alpha value is -2.87. The molecule has 4 aliphatic rings. The molecule has 0 radical (unpaired) electrons. The number of rotatable bonds is 1. The first kappa shape index (κ1) is 13.6. The molecule has 2 unspecified atom stereocenters. The highest BCUT2D eigenvalue weighted by molar-refractivity contribution is 6.07. The number of benzene rings is 1. The summed E-state index contributed by atoms with van der Waals surface area (Å²) < 4.78 is 0. The summed E-state index contributed by atoms with van der Waals surface area (Å²) in [4.78, 5) is 7.42. The molecule has 0 saturated heterocycles. The smallest absolute Gasteiger partial charge is 0.0916 e. The Morgan fingerprint density at radius 3 is 2.58 bits per heavy atom. The van der Waals surface area contributed by atoms with E-state index in [-0.39, 0.29) is 12.0 Å². The average Bonchev–Trinajstić information content (AvgIpc) is 3.02. The molecule has 1 aromatic rings. The summed E-state index contributed by atoms with van der Waals surface area (Å²) in [6, 6.07) is 10.9. The van der Waals surface area contributed by atoms with Crippen LogP contribution in [0.2, 0.25) is 0 Å². The lowest BCUT2D eigenvalue weighted by Gasteiger charge is -2.39. The van der Waals surface area contributed by atoms with Crippen LogP contribution in [0.4, 0.5) is 0 Å². The molecule has 0 bridgehead atoms. The number of likely N-dealkylation sites (N-methyl/N-ethyl adjacent to an activating group) is 1. The molecule has 24 heavy (non-hydrogen) atoms. The summed E-state index contributed by atoms with van der Waals surface area (Å²) in [6.45, 7) is 0. The lowest BCUT2D eigenvalue weighted by atomic mass is 9.83. The Morgan fingerprint density at radius 2 is 1.71 bits per heavy atom. The standard InChI is InChI=1S/C22H18N2/c1-24-19-14-8-6-12-17(19)20(15-9-3-2-4-10-15)21-22(24)16-11-5-7-13-18(16)23-21/h2-14,16,19H,1H3. The predicted octanol–water partition coefficient (Wildman–Crippen LogP) is 4.29. The molecule has 2 aliphatic heterocycles. The zero-order valence-electron chi connectivity index (χ0n) is 13.6. The summed E-state index contributed by atoms with van der Waals surface area (Å²) in [5, 5.41) is 0. The Labute approximate surface area is 142 Å². The van der Waals surface area contributed by atoms with Gasteiger partial charge in [-0.05, 0) is 17.2 Å².